The van der Waals surface area contributed by atoms with Gasteiger partial charge in [-0.05, 0) is 55.5 Å². The number of benzene rings is 2. The van der Waals surface area contributed by atoms with Gasteiger partial charge >= 0.3 is 6.18 Å². The number of carbonyl (C=O) groups is 1. The van der Waals surface area contributed by atoms with Gasteiger partial charge in [-0.3, -0.25) is 4.79 Å². The number of amides is 1. The number of nitrogens with one attached hydrogen (secondary N) is 1. The van der Waals surface area contributed by atoms with Crippen molar-refractivity contribution >= 4 is 44.7 Å². The number of aromatic nitrogens is 2. The lowest BCUT2D eigenvalue weighted by atomic mass is 10.1. The summed E-state index contributed by atoms with van der Waals surface area (Å²) < 4.78 is 54.6. The predicted octanol–water partition coefficient (Wildman–Crippen LogP) is 6.46. The van der Waals surface area contributed by atoms with E-state index < -0.39 is 23.5 Å². The Kier molecular flexibility index (Phi) is 5.03. The molecule has 1 N–H and O–H groups in total. The highest BCUT2D eigenvalue weighted by atomic mass is 35.5. The first kappa shape index (κ1) is 20.4. The molecule has 2 heterocycles. The molecule has 0 bridgehead atoms. The summed E-state index contributed by atoms with van der Waals surface area (Å²) in [5.41, 5.74) is -0.183. The Bertz CT molecular complexity index is 1260. The smallest absolute Gasteiger partial charge is 0.321 e. The minimum atomic E-state index is -4.67. The lowest BCUT2D eigenvalue weighted by Gasteiger charge is -2.13. The molecule has 0 saturated heterocycles. The summed E-state index contributed by atoms with van der Waals surface area (Å²) in [6.07, 6.45) is -4.67. The van der Waals surface area contributed by atoms with Crippen LogP contribution in [-0.2, 0) is 6.18 Å². The zero-order chi connectivity index (χ0) is 21.6. The topological polar surface area (TPSA) is 46.9 Å². The lowest BCUT2D eigenvalue weighted by molar-refractivity contribution is -0.136. The molecule has 154 valence electrons. The molecule has 2 aromatic heterocycles. The molecular formula is C20H12ClF4N3OS. The standard InChI is InChI=1S/C20H12ClF4N3OS/c1-10-14-9-17(30-19(14)28(27-10)13-5-3-12(22)4-6-13)18(29)26-16-7-2-11(21)8-15(16)20(23,24)25/h2-9H,1H3,(H,26,29). The molecular weight excluding hydrogens is 442 g/mol. The maximum Gasteiger partial charge on any atom is 0.418 e. The van der Waals surface area contributed by atoms with Gasteiger partial charge in [0.15, 0.2) is 0 Å². The number of hydrogen-bond acceptors (Lipinski definition) is 3. The zero-order valence-corrected chi connectivity index (χ0v) is 16.8. The van der Waals surface area contributed by atoms with Crippen LogP contribution in [0.3, 0.4) is 0 Å². The van der Waals surface area contributed by atoms with Crippen LogP contribution in [0.15, 0.2) is 48.5 Å². The van der Waals surface area contributed by atoms with Crippen LogP contribution in [0.1, 0.15) is 20.9 Å². The second-order valence-electron chi connectivity index (χ2n) is 6.44. The molecule has 4 rings (SSSR count). The SMILES string of the molecule is Cc1nn(-c2ccc(F)cc2)c2sc(C(=O)Nc3ccc(Cl)cc3C(F)(F)F)cc12. The van der Waals surface area contributed by atoms with Gasteiger partial charge < -0.3 is 5.32 Å². The van der Waals surface area contributed by atoms with Crippen LogP contribution in [-0.4, -0.2) is 15.7 Å². The number of thiophene rings is 1. The van der Waals surface area contributed by atoms with Crippen LogP contribution in [0.2, 0.25) is 5.02 Å². The molecule has 2 aromatic carbocycles. The van der Waals surface area contributed by atoms with Crippen LogP contribution in [0.5, 0.6) is 0 Å². The fourth-order valence-corrected chi connectivity index (χ4v) is 4.21. The molecule has 0 radical (unpaired) electrons. The van der Waals surface area contributed by atoms with E-state index in [4.69, 9.17) is 11.6 Å². The quantitative estimate of drug-likeness (QED) is 0.362. The normalized spacial score (nSPS) is 11.8. The van der Waals surface area contributed by atoms with Gasteiger partial charge in [-0.15, -0.1) is 11.3 Å². The second-order valence-corrected chi connectivity index (χ2v) is 7.91. The summed E-state index contributed by atoms with van der Waals surface area (Å²) >= 11 is 6.75. The van der Waals surface area contributed by atoms with Crippen LogP contribution in [0.25, 0.3) is 15.9 Å². The number of aryl methyl sites for hydroxylation is 1. The maximum absolute atomic E-state index is 13.3. The van der Waals surface area contributed by atoms with E-state index in [0.29, 0.717) is 21.6 Å². The number of nitrogens with zero attached hydrogens (tertiary/aromatic N) is 2. The van der Waals surface area contributed by atoms with Gasteiger partial charge in [0.2, 0.25) is 0 Å². The van der Waals surface area contributed by atoms with Gasteiger partial charge in [0.1, 0.15) is 10.6 Å². The van der Waals surface area contributed by atoms with Crippen molar-refractivity contribution in [1.29, 1.82) is 0 Å². The highest BCUT2D eigenvalue weighted by Crippen LogP contribution is 2.37. The minimum Gasteiger partial charge on any atom is -0.321 e. The number of fused-ring (bicyclic) bond motifs is 1. The minimum absolute atomic E-state index is 0.0859. The Balaban J connectivity index is 1.70. The fourth-order valence-electron chi connectivity index (χ4n) is 2.96. The average Bonchev–Trinajstić information content (AvgIpc) is 3.24. The first-order valence-electron chi connectivity index (χ1n) is 8.56. The summed E-state index contributed by atoms with van der Waals surface area (Å²) in [4.78, 5) is 13.5. The lowest BCUT2D eigenvalue weighted by Crippen LogP contribution is -2.15. The highest BCUT2D eigenvalue weighted by molar-refractivity contribution is 7.20. The van der Waals surface area contributed by atoms with E-state index in [-0.39, 0.29) is 15.6 Å². The highest BCUT2D eigenvalue weighted by Gasteiger charge is 2.34. The van der Waals surface area contributed by atoms with Crippen molar-refractivity contribution in [2.75, 3.05) is 5.32 Å². The van der Waals surface area contributed by atoms with Crippen molar-refractivity contribution in [3.63, 3.8) is 0 Å². The molecule has 0 aliphatic heterocycles. The molecule has 10 heteroatoms. The number of halogens is 5. The van der Waals surface area contributed by atoms with Gasteiger partial charge in [-0.2, -0.15) is 18.3 Å². The van der Waals surface area contributed by atoms with E-state index >= 15 is 0 Å². The number of carbonyl (C=O) groups excluding carboxylic acids is 1. The third-order valence-corrected chi connectivity index (χ3v) is 5.72. The monoisotopic (exact) mass is 453 g/mol. The Labute approximate surface area is 176 Å². The van der Waals surface area contributed by atoms with Crippen LogP contribution in [0, 0.1) is 12.7 Å². The molecule has 0 atom stereocenters. The first-order chi connectivity index (χ1) is 14.1. The number of rotatable bonds is 3. The predicted molar refractivity (Wildman–Crippen MR) is 108 cm³/mol. The molecule has 30 heavy (non-hydrogen) atoms. The van der Waals surface area contributed by atoms with E-state index in [1.165, 1.54) is 18.2 Å². The maximum atomic E-state index is 13.3. The number of hydrogen-bond donors (Lipinski definition) is 1. The van der Waals surface area contributed by atoms with Crippen molar-refractivity contribution in [2.45, 2.75) is 13.1 Å². The van der Waals surface area contributed by atoms with Crippen molar-refractivity contribution in [1.82, 2.24) is 9.78 Å². The molecule has 0 fully saturated rings. The van der Waals surface area contributed by atoms with E-state index in [1.807, 2.05) is 0 Å². The molecule has 1 amide bonds. The van der Waals surface area contributed by atoms with E-state index in [2.05, 4.69) is 10.4 Å². The summed E-state index contributed by atoms with van der Waals surface area (Å²) in [7, 11) is 0. The Hall–Kier alpha value is -2.91. The van der Waals surface area contributed by atoms with Gasteiger partial charge in [-0.25, -0.2) is 9.07 Å². The van der Waals surface area contributed by atoms with E-state index in [0.717, 1.165) is 23.5 Å². The summed E-state index contributed by atoms with van der Waals surface area (Å²) in [5.74, 6) is -1.08. The van der Waals surface area contributed by atoms with Gasteiger partial charge in [0, 0.05) is 10.4 Å². The van der Waals surface area contributed by atoms with E-state index in [9.17, 15) is 22.4 Å². The molecule has 4 aromatic rings. The largest absolute Gasteiger partial charge is 0.418 e. The van der Waals surface area contributed by atoms with Crippen LogP contribution >= 0.6 is 22.9 Å². The Morgan fingerprint density at radius 2 is 1.83 bits per heavy atom. The zero-order valence-electron chi connectivity index (χ0n) is 15.2. The van der Waals surface area contributed by atoms with E-state index in [1.54, 1.807) is 29.8 Å². The molecule has 4 nitrogen and oxygen atoms in total. The van der Waals surface area contributed by atoms with Gasteiger partial charge in [0.05, 0.1) is 27.5 Å². The number of anilines is 1. The molecule has 0 spiro atoms. The molecule has 0 saturated carbocycles. The van der Waals surface area contributed by atoms with Crippen molar-refractivity contribution in [3.8, 4) is 5.69 Å². The van der Waals surface area contributed by atoms with Crippen LogP contribution in [0.4, 0.5) is 23.2 Å². The third-order valence-electron chi connectivity index (χ3n) is 4.37. The average molecular weight is 454 g/mol. The Morgan fingerprint density at radius 3 is 2.50 bits per heavy atom. The van der Waals surface area contributed by atoms with Crippen molar-refractivity contribution in [2.24, 2.45) is 0 Å². The fraction of sp³-hybridized carbons (Fsp3) is 0.100. The van der Waals surface area contributed by atoms with Gasteiger partial charge in [-0.1, -0.05) is 11.6 Å². The van der Waals surface area contributed by atoms with Crippen LogP contribution < -0.4 is 5.32 Å². The van der Waals surface area contributed by atoms with Crippen molar-refractivity contribution in [3.05, 3.63) is 75.5 Å². The molecule has 0 aliphatic rings. The molecule has 0 aliphatic carbocycles. The summed E-state index contributed by atoms with van der Waals surface area (Å²) in [5, 5.41) is 7.31. The first-order valence-corrected chi connectivity index (χ1v) is 9.76. The second kappa shape index (κ2) is 7.41. The Morgan fingerprint density at radius 1 is 1.13 bits per heavy atom. The summed E-state index contributed by atoms with van der Waals surface area (Å²) in [6, 6.07) is 10.4. The number of alkyl halides is 3. The molecule has 0 unspecified atom stereocenters. The summed E-state index contributed by atoms with van der Waals surface area (Å²) in [6.45, 7) is 1.75. The van der Waals surface area contributed by atoms with Gasteiger partial charge in [0.25, 0.3) is 5.91 Å². The third kappa shape index (κ3) is 3.78. The van der Waals surface area contributed by atoms with Crippen molar-refractivity contribution < 1.29 is 22.4 Å².